The molecular formula is C26H32N4O4. The number of hydrogen-bond donors (Lipinski definition) is 1. The Bertz CT molecular complexity index is 1100. The Morgan fingerprint density at radius 3 is 2.32 bits per heavy atom. The maximum Gasteiger partial charge on any atom is 0.246 e. The first-order valence-corrected chi connectivity index (χ1v) is 11.2. The van der Waals surface area contributed by atoms with Gasteiger partial charge in [0.1, 0.15) is 12.3 Å². The Hall–Kier alpha value is -3.65. The molecule has 0 saturated heterocycles. The monoisotopic (exact) mass is 464 g/mol. The third kappa shape index (κ3) is 6.23. The van der Waals surface area contributed by atoms with Gasteiger partial charge in [-0.1, -0.05) is 31.5 Å². The van der Waals surface area contributed by atoms with Gasteiger partial charge in [0.2, 0.25) is 17.8 Å². The maximum atomic E-state index is 13.0. The number of anilines is 1. The lowest BCUT2D eigenvalue weighted by atomic mass is 10.1. The highest BCUT2D eigenvalue weighted by atomic mass is 16.5. The SMILES string of the molecule is COCCN(CC(=O)Nc1nc(-c2ccc(OC)cc2)cn1-c1ccc(C)cc1)C(=O)C(C)C. The molecule has 0 bridgehead atoms. The molecule has 0 saturated carbocycles. The van der Waals surface area contributed by atoms with Crippen LogP contribution in [0, 0.1) is 12.8 Å². The third-order valence-corrected chi connectivity index (χ3v) is 5.36. The molecule has 0 aliphatic heterocycles. The summed E-state index contributed by atoms with van der Waals surface area (Å²) in [7, 11) is 3.19. The number of benzene rings is 2. The minimum atomic E-state index is -0.328. The number of carbonyl (C=O) groups is 2. The molecule has 3 rings (SSSR count). The molecule has 0 unspecified atom stereocenters. The van der Waals surface area contributed by atoms with Crippen molar-refractivity contribution in [3.05, 3.63) is 60.3 Å². The summed E-state index contributed by atoms with van der Waals surface area (Å²) >= 11 is 0. The van der Waals surface area contributed by atoms with Crippen molar-refractivity contribution in [3.63, 3.8) is 0 Å². The second-order valence-electron chi connectivity index (χ2n) is 8.34. The molecule has 2 aromatic carbocycles. The molecule has 1 N–H and O–H groups in total. The number of nitrogens with zero attached hydrogens (tertiary/aromatic N) is 3. The zero-order valence-electron chi connectivity index (χ0n) is 20.4. The van der Waals surface area contributed by atoms with E-state index in [1.807, 2.05) is 80.1 Å². The highest BCUT2D eigenvalue weighted by Gasteiger charge is 2.21. The molecule has 8 heteroatoms. The van der Waals surface area contributed by atoms with Crippen LogP contribution in [0.4, 0.5) is 5.95 Å². The van der Waals surface area contributed by atoms with Crippen LogP contribution in [-0.4, -0.2) is 60.2 Å². The Kier molecular flexibility index (Phi) is 8.43. The lowest BCUT2D eigenvalue weighted by Gasteiger charge is -2.23. The molecule has 34 heavy (non-hydrogen) atoms. The predicted molar refractivity (Wildman–Crippen MR) is 132 cm³/mol. The van der Waals surface area contributed by atoms with Gasteiger partial charge >= 0.3 is 0 Å². The van der Waals surface area contributed by atoms with E-state index < -0.39 is 0 Å². The quantitative estimate of drug-likeness (QED) is 0.491. The molecule has 8 nitrogen and oxygen atoms in total. The average molecular weight is 465 g/mol. The van der Waals surface area contributed by atoms with E-state index in [2.05, 4.69) is 10.3 Å². The van der Waals surface area contributed by atoms with Crippen molar-refractivity contribution in [3.8, 4) is 22.7 Å². The number of amides is 2. The van der Waals surface area contributed by atoms with Crippen molar-refractivity contribution in [1.29, 1.82) is 0 Å². The van der Waals surface area contributed by atoms with Crippen LogP contribution in [0.1, 0.15) is 19.4 Å². The van der Waals surface area contributed by atoms with Crippen LogP contribution in [0.2, 0.25) is 0 Å². The van der Waals surface area contributed by atoms with Crippen LogP contribution in [0.25, 0.3) is 16.9 Å². The first-order chi connectivity index (χ1) is 16.3. The number of imidazole rings is 1. The standard InChI is InChI=1S/C26H32N4O4/c1-18(2)25(32)29(14-15-33-4)17-24(31)28-26-27-23(20-8-12-22(34-5)13-9-20)16-30(26)21-10-6-19(3)7-11-21/h6-13,16,18H,14-15,17H2,1-5H3,(H,27,28,31). The highest BCUT2D eigenvalue weighted by Crippen LogP contribution is 2.26. The van der Waals surface area contributed by atoms with Crippen molar-refractivity contribution < 1.29 is 19.1 Å². The molecule has 0 aliphatic carbocycles. The number of nitrogens with one attached hydrogen (secondary N) is 1. The number of methoxy groups -OCH3 is 2. The van der Waals surface area contributed by atoms with E-state index in [0.717, 1.165) is 22.6 Å². The fraction of sp³-hybridized carbons (Fsp3) is 0.346. The van der Waals surface area contributed by atoms with Crippen LogP contribution < -0.4 is 10.1 Å². The van der Waals surface area contributed by atoms with Gasteiger partial charge in [0, 0.05) is 37.0 Å². The van der Waals surface area contributed by atoms with E-state index in [1.165, 1.54) is 4.90 Å². The fourth-order valence-electron chi connectivity index (χ4n) is 3.44. The van der Waals surface area contributed by atoms with Gasteiger partial charge in [-0.25, -0.2) is 4.98 Å². The van der Waals surface area contributed by atoms with E-state index in [9.17, 15) is 9.59 Å². The number of ether oxygens (including phenoxy) is 2. The molecule has 0 atom stereocenters. The molecule has 0 fully saturated rings. The Labute approximate surface area is 200 Å². The van der Waals surface area contributed by atoms with Gasteiger partial charge in [-0.15, -0.1) is 0 Å². The lowest BCUT2D eigenvalue weighted by molar-refractivity contribution is -0.138. The normalized spacial score (nSPS) is 10.9. The Balaban J connectivity index is 1.90. The number of aromatic nitrogens is 2. The third-order valence-electron chi connectivity index (χ3n) is 5.36. The number of aryl methyl sites for hydroxylation is 1. The van der Waals surface area contributed by atoms with Crippen LogP contribution in [-0.2, 0) is 14.3 Å². The topological polar surface area (TPSA) is 85.7 Å². The second-order valence-corrected chi connectivity index (χ2v) is 8.34. The van der Waals surface area contributed by atoms with Gasteiger partial charge in [-0.3, -0.25) is 19.5 Å². The number of hydrogen-bond acceptors (Lipinski definition) is 5. The van der Waals surface area contributed by atoms with Crippen molar-refractivity contribution in [2.24, 2.45) is 5.92 Å². The molecule has 2 amide bonds. The zero-order valence-corrected chi connectivity index (χ0v) is 20.4. The molecule has 180 valence electrons. The van der Waals surface area contributed by atoms with Crippen LogP contribution in [0.3, 0.4) is 0 Å². The number of carbonyl (C=O) groups excluding carboxylic acids is 2. The largest absolute Gasteiger partial charge is 0.497 e. The van der Waals surface area contributed by atoms with E-state index >= 15 is 0 Å². The van der Waals surface area contributed by atoms with Gasteiger partial charge in [-0.2, -0.15) is 0 Å². The van der Waals surface area contributed by atoms with Crippen molar-refractivity contribution in [1.82, 2.24) is 14.5 Å². The Morgan fingerprint density at radius 1 is 1.06 bits per heavy atom. The van der Waals surface area contributed by atoms with Crippen LogP contribution >= 0.6 is 0 Å². The van der Waals surface area contributed by atoms with Gasteiger partial charge in [0.15, 0.2) is 0 Å². The van der Waals surface area contributed by atoms with Gasteiger partial charge in [-0.05, 0) is 43.3 Å². The fourth-order valence-corrected chi connectivity index (χ4v) is 3.44. The van der Waals surface area contributed by atoms with E-state index in [0.29, 0.717) is 24.8 Å². The summed E-state index contributed by atoms with van der Waals surface area (Å²) in [6.45, 7) is 6.24. The summed E-state index contributed by atoms with van der Waals surface area (Å²) in [5.74, 6) is 0.476. The molecule has 1 heterocycles. The smallest absolute Gasteiger partial charge is 0.246 e. The Morgan fingerprint density at radius 2 is 1.74 bits per heavy atom. The predicted octanol–water partition coefficient (Wildman–Crippen LogP) is 3.93. The summed E-state index contributed by atoms with van der Waals surface area (Å²) < 4.78 is 12.2. The van der Waals surface area contributed by atoms with Crippen molar-refractivity contribution >= 4 is 17.8 Å². The summed E-state index contributed by atoms with van der Waals surface area (Å²) in [6, 6.07) is 15.5. The minimum absolute atomic E-state index is 0.0843. The van der Waals surface area contributed by atoms with Crippen LogP contribution in [0.5, 0.6) is 5.75 Å². The van der Waals surface area contributed by atoms with Crippen LogP contribution in [0.15, 0.2) is 54.7 Å². The van der Waals surface area contributed by atoms with Gasteiger partial charge in [0.05, 0.1) is 19.4 Å². The highest BCUT2D eigenvalue weighted by molar-refractivity contribution is 5.94. The molecule has 3 aromatic rings. The maximum absolute atomic E-state index is 13.0. The summed E-state index contributed by atoms with van der Waals surface area (Å²) in [5.41, 5.74) is 3.58. The molecule has 0 spiro atoms. The lowest BCUT2D eigenvalue weighted by Crippen LogP contribution is -2.42. The minimum Gasteiger partial charge on any atom is -0.497 e. The van der Waals surface area contributed by atoms with E-state index in [4.69, 9.17) is 9.47 Å². The van der Waals surface area contributed by atoms with Gasteiger partial charge < -0.3 is 14.4 Å². The molecule has 0 radical (unpaired) electrons. The van der Waals surface area contributed by atoms with E-state index in [1.54, 1.807) is 14.2 Å². The summed E-state index contributed by atoms with van der Waals surface area (Å²) in [5, 5.41) is 2.89. The zero-order chi connectivity index (χ0) is 24.7. The molecular weight excluding hydrogens is 432 g/mol. The van der Waals surface area contributed by atoms with Crippen molar-refractivity contribution in [2.75, 3.05) is 39.2 Å². The molecule has 1 aromatic heterocycles. The summed E-state index contributed by atoms with van der Waals surface area (Å²) in [4.78, 5) is 31.7. The van der Waals surface area contributed by atoms with E-state index in [-0.39, 0.29) is 24.3 Å². The average Bonchev–Trinajstić information content (AvgIpc) is 3.25. The molecule has 0 aliphatic rings. The van der Waals surface area contributed by atoms with Gasteiger partial charge in [0.25, 0.3) is 0 Å². The second kappa shape index (κ2) is 11.5. The number of rotatable bonds is 10. The first kappa shape index (κ1) is 25.0. The first-order valence-electron chi connectivity index (χ1n) is 11.2. The van der Waals surface area contributed by atoms with Crippen molar-refractivity contribution in [2.45, 2.75) is 20.8 Å². The summed E-state index contributed by atoms with van der Waals surface area (Å²) in [6.07, 6.45) is 1.88.